The molecule has 0 aliphatic carbocycles. The van der Waals surface area contributed by atoms with Crippen molar-refractivity contribution in [2.75, 3.05) is 0 Å². The van der Waals surface area contributed by atoms with Crippen molar-refractivity contribution in [2.24, 2.45) is 0 Å². The molecule has 0 saturated carbocycles. The number of carbonyl (C=O) groups is 1. The van der Waals surface area contributed by atoms with E-state index in [-0.39, 0.29) is 0 Å². The Morgan fingerprint density at radius 1 is 1.40 bits per heavy atom. The third-order valence-corrected chi connectivity index (χ3v) is 9.09. The topological polar surface area (TPSA) is 37.3 Å². The van der Waals surface area contributed by atoms with E-state index in [1.165, 1.54) is 10.5 Å². The number of hydrogen-bond acceptors (Lipinski definition) is 1. The molecule has 0 unspecified atom stereocenters. The maximum atomic E-state index is 10.2. The van der Waals surface area contributed by atoms with Gasteiger partial charge in [0.2, 0.25) is 0 Å². The van der Waals surface area contributed by atoms with Crippen LogP contribution in [0.3, 0.4) is 0 Å². The molecule has 0 aromatic rings. The molecule has 2 nitrogen and oxygen atoms in total. The molecule has 0 spiro atoms. The fraction of sp³-hybridized carbons (Fsp3) is 0.857. The van der Waals surface area contributed by atoms with Gasteiger partial charge in [0.1, 0.15) is 0 Å². The Labute approximate surface area is 66.7 Å². The summed E-state index contributed by atoms with van der Waals surface area (Å²) in [5, 5.41) is 12.0. The monoisotopic (exact) mass is 206 g/mol. The molecule has 0 aromatic carbocycles. The van der Waals surface area contributed by atoms with Crippen LogP contribution in [0, 0.1) is 0 Å². The summed E-state index contributed by atoms with van der Waals surface area (Å²) in [7, 11) is 0. The van der Waals surface area contributed by atoms with Crippen molar-refractivity contribution in [1.29, 1.82) is 0 Å². The molecule has 0 aliphatic heterocycles. The van der Waals surface area contributed by atoms with Gasteiger partial charge < -0.3 is 0 Å². The number of carboxylic acids is 1. The zero-order valence-corrected chi connectivity index (χ0v) is 9.18. The van der Waals surface area contributed by atoms with E-state index in [4.69, 9.17) is 5.11 Å². The van der Waals surface area contributed by atoms with Crippen molar-refractivity contribution >= 4 is 20.3 Å². The van der Waals surface area contributed by atoms with Gasteiger partial charge in [0, 0.05) is 0 Å². The van der Waals surface area contributed by atoms with Gasteiger partial charge in [-0.25, -0.2) is 0 Å². The van der Waals surface area contributed by atoms with Gasteiger partial charge in [-0.3, -0.25) is 0 Å². The van der Waals surface area contributed by atoms with Crippen molar-refractivity contribution in [3.63, 3.8) is 0 Å². The summed E-state index contributed by atoms with van der Waals surface area (Å²) >= 11 is -1.06. The van der Waals surface area contributed by atoms with Gasteiger partial charge >= 0.3 is 66.2 Å². The van der Waals surface area contributed by atoms with Crippen LogP contribution in [0.25, 0.3) is 0 Å². The number of aliphatic carboxylic acids is 1. The molecule has 0 fully saturated rings. The van der Waals surface area contributed by atoms with Gasteiger partial charge in [0.25, 0.3) is 0 Å². The van der Waals surface area contributed by atoms with Crippen molar-refractivity contribution in [3.8, 4) is 0 Å². The Bertz CT molecular complexity index is 99.8. The molecular formula is C7H16GeO2. The minimum absolute atomic E-state index is 0.409. The quantitative estimate of drug-likeness (QED) is 0.693. The molecule has 60 valence electrons. The first-order chi connectivity index (χ1) is 4.70. The van der Waals surface area contributed by atoms with Crippen LogP contribution in [0.5, 0.6) is 0 Å². The molecule has 0 bridgehead atoms. The average molecular weight is 205 g/mol. The van der Waals surface area contributed by atoms with Crippen molar-refractivity contribution in [2.45, 2.75) is 36.0 Å². The fourth-order valence-electron chi connectivity index (χ4n) is 1.02. The van der Waals surface area contributed by atoms with Crippen LogP contribution < -0.4 is 0 Å². The normalized spacial score (nSPS) is 10.3. The molecule has 1 N–H and O–H groups in total. The Balaban J connectivity index is 3.34. The summed E-state index contributed by atoms with van der Waals surface area (Å²) in [5.74, 6) is -0.627. The first-order valence-electron chi connectivity index (χ1n) is 3.92. The van der Waals surface area contributed by atoms with E-state index in [2.05, 4.69) is 13.8 Å². The molecule has 0 amide bonds. The van der Waals surface area contributed by atoms with Crippen LogP contribution in [0.15, 0.2) is 0 Å². The summed E-state index contributed by atoms with van der Waals surface area (Å²) in [6, 6.07) is 0. The first-order valence-corrected chi connectivity index (χ1v) is 9.06. The Kier molecular flexibility index (Phi) is 5.78. The zero-order valence-electron chi connectivity index (χ0n) is 6.76. The van der Waals surface area contributed by atoms with E-state index in [1.54, 1.807) is 0 Å². The number of hydrogen-bond donors (Lipinski definition) is 1. The molecule has 0 saturated heterocycles. The third kappa shape index (κ3) is 4.85. The standard InChI is InChI=1S/C7H16GeO2/c1-3-8(4-2)6-5-7(9)10/h8H,3-6H2,1-2H3,(H,9,10). The van der Waals surface area contributed by atoms with E-state index in [0.717, 1.165) is 5.25 Å². The second-order valence-corrected chi connectivity index (χ2v) is 10.9. The number of rotatable bonds is 5. The van der Waals surface area contributed by atoms with Gasteiger partial charge in [0.05, 0.1) is 0 Å². The molecule has 10 heavy (non-hydrogen) atoms. The molecule has 0 atom stereocenters. The van der Waals surface area contributed by atoms with Crippen molar-refractivity contribution in [3.05, 3.63) is 0 Å². The summed E-state index contributed by atoms with van der Waals surface area (Å²) in [4.78, 5) is 10.2. The molecule has 3 heteroatoms. The minimum atomic E-state index is -1.06. The molecular weight excluding hydrogens is 189 g/mol. The predicted octanol–water partition coefficient (Wildman–Crippen LogP) is 1.73. The van der Waals surface area contributed by atoms with E-state index >= 15 is 0 Å². The molecule has 0 aromatic heterocycles. The van der Waals surface area contributed by atoms with Crippen LogP contribution in [0.1, 0.15) is 20.3 Å². The van der Waals surface area contributed by atoms with E-state index in [9.17, 15) is 4.79 Å². The van der Waals surface area contributed by atoms with Gasteiger partial charge in [-0.05, 0) is 0 Å². The Morgan fingerprint density at radius 3 is 2.20 bits per heavy atom. The Morgan fingerprint density at radius 2 is 1.90 bits per heavy atom. The SMILES string of the molecule is C[CH2][GeH]([CH2]C)[CH2]CC(=O)O. The van der Waals surface area contributed by atoms with Gasteiger partial charge in [0.15, 0.2) is 0 Å². The maximum absolute atomic E-state index is 10.2. The fourth-order valence-corrected chi connectivity index (χ4v) is 5.32. The van der Waals surface area contributed by atoms with Crippen molar-refractivity contribution < 1.29 is 9.90 Å². The van der Waals surface area contributed by atoms with E-state index in [0.29, 0.717) is 6.42 Å². The van der Waals surface area contributed by atoms with E-state index < -0.39 is 20.3 Å². The molecule has 0 radical (unpaired) electrons. The van der Waals surface area contributed by atoms with Crippen molar-refractivity contribution in [1.82, 2.24) is 0 Å². The van der Waals surface area contributed by atoms with Crippen LogP contribution >= 0.6 is 0 Å². The van der Waals surface area contributed by atoms with Gasteiger partial charge in [-0.15, -0.1) is 0 Å². The van der Waals surface area contributed by atoms with Crippen LogP contribution in [0.2, 0.25) is 15.8 Å². The second kappa shape index (κ2) is 5.77. The summed E-state index contributed by atoms with van der Waals surface area (Å²) in [6.07, 6.45) is 0.409. The zero-order chi connectivity index (χ0) is 7.98. The van der Waals surface area contributed by atoms with Crippen LogP contribution in [-0.4, -0.2) is 25.4 Å². The van der Waals surface area contributed by atoms with Crippen LogP contribution in [-0.2, 0) is 4.79 Å². The molecule has 0 rings (SSSR count). The third-order valence-electron chi connectivity index (χ3n) is 1.92. The predicted molar refractivity (Wildman–Crippen MR) is 45.2 cm³/mol. The van der Waals surface area contributed by atoms with Gasteiger partial charge in [-0.2, -0.15) is 0 Å². The number of carboxylic acid groups (broad SMARTS) is 1. The summed E-state index contributed by atoms with van der Waals surface area (Å²) in [5.41, 5.74) is 0. The van der Waals surface area contributed by atoms with Crippen LogP contribution in [0.4, 0.5) is 0 Å². The van der Waals surface area contributed by atoms with Gasteiger partial charge in [-0.1, -0.05) is 0 Å². The molecule has 0 heterocycles. The van der Waals surface area contributed by atoms with E-state index in [1.807, 2.05) is 0 Å². The second-order valence-electron chi connectivity index (χ2n) is 2.61. The molecule has 0 aliphatic rings. The first kappa shape index (κ1) is 10.0. The average Bonchev–Trinajstić information content (AvgIpc) is 1.90. The summed E-state index contributed by atoms with van der Waals surface area (Å²) < 4.78 is 0. The summed E-state index contributed by atoms with van der Waals surface area (Å²) in [6.45, 7) is 4.38. The Hall–Kier alpha value is 0.0129.